The summed E-state index contributed by atoms with van der Waals surface area (Å²) >= 11 is 6.37. The molecular formula is C20H26ClN3O. The molecule has 1 atom stereocenters. The Hall–Kier alpha value is -1.36. The third kappa shape index (κ3) is 3.62. The third-order valence-corrected chi connectivity index (χ3v) is 6.06. The molecule has 4 nitrogen and oxygen atoms in total. The van der Waals surface area contributed by atoms with Crippen LogP contribution in [0.15, 0.2) is 28.8 Å². The van der Waals surface area contributed by atoms with Crippen molar-refractivity contribution in [2.45, 2.75) is 45.2 Å². The first-order valence-corrected chi connectivity index (χ1v) is 9.77. The Kier molecular flexibility index (Phi) is 5.11. The van der Waals surface area contributed by atoms with E-state index in [-0.39, 0.29) is 0 Å². The number of halogens is 1. The molecule has 2 aromatic rings. The number of fused-ring (bicyclic) bond motifs is 1. The van der Waals surface area contributed by atoms with Crippen molar-refractivity contribution < 1.29 is 4.52 Å². The van der Waals surface area contributed by atoms with Crippen molar-refractivity contribution in [2.75, 3.05) is 26.2 Å². The van der Waals surface area contributed by atoms with Gasteiger partial charge in [-0.15, -0.1) is 0 Å². The van der Waals surface area contributed by atoms with Crippen LogP contribution >= 0.6 is 11.6 Å². The molecule has 0 radical (unpaired) electrons. The van der Waals surface area contributed by atoms with E-state index < -0.39 is 0 Å². The molecule has 5 heteroatoms. The average Bonchev–Trinajstić information content (AvgIpc) is 3.05. The summed E-state index contributed by atoms with van der Waals surface area (Å²) in [5.74, 6) is 1.13. The van der Waals surface area contributed by atoms with Crippen LogP contribution < -0.4 is 0 Å². The summed E-state index contributed by atoms with van der Waals surface area (Å²) in [5.41, 5.74) is 3.78. The monoisotopic (exact) mass is 359 g/mol. The average molecular weight is 360 g/mol. The van der Waals surface area contributed by atoms with Crippen LogP contribution in [-0.4, -0.2) is 41.1 Å². The first kappa shape index (κ1) is 17.1. The minimum atomic E-state index is 0.357. The second kappa shape index (κ2) is 7.48. The van der Waals surface area contributed by atoms with Crippen molar-refractivity contribution in [3.8, 4) is 0 Å². The topological polar surface area (TPSA) is 32.5 Å². The van der Waals surface area contributed by atoms with E-state index in [1.165, 1.54) is 29.7 Å². The van der Waals surface area contributed by atoms with E-state index in [0.29, 0.717) is 6.04 Å². The molecule has 0 bridgehead atoms. The van der Waals surface area contributed by atoms with Crippen LogP contribution in [-0.2, 0) is 19.4 Å². The van der Waals surface area contributed by atoms with Crippen LogP contribution in [0.25, 0.3) is 0 Å². The van der Waals surface area contributed by atoms with Gasteiger partial charge in [-0.3, -0.25) is 9.80 Å². The summed E-state index contributed by atoms with van der Waals surface area (Å²) in [4.78, 5) is 5.03. The van der Waals surface area contributed by atoms with Gasteiger partial charge in [0.15, 0.2) is 0 Å². The van der Waals surface area contributed by atoms with Crippen molar-refractivity contribution >= 4 is 11.6 Å². The molecule has 134 valence electrons. The maximum Gasteiger partial charge on any atom is 0.140 e. The predicted octanol–water partition coefficient (Wildman–Crippen LogP) is 4.09. The van der Waals surface area contributed by atoms with Crippen molar-refractivity contribution in [2.24, 2.45) is 0 Å². The highest BCUT2D eigenvalue weighted by Crippen LogP contribution is 2.29. The fourth-order valence-corrected chi connectivity index (χ4v) is 4.40. The van der Waals surface area contributed by atoms with Crippen LogP contribution in [0.1, 0.15) is 48.4 Å². The highest BCUT2D eigenvalue weighted by Gasteiger charge is 2.26. The molecular weight excluding hydrogens is 334 g/mol. The minimum Gasteiger partial charge on any atom is -0.361 e. The Bertz CT molecular complexity index is 721. The number of aromatic nitrogens is 1. The molecule has 0 spiro atoms. The molecule has 2 heterocycles. The van der Waals surface area contributed by atoms with E-state index in [9.17, 15) is 0 Å². The summed E-state index contributed by atoms with van der Waals surface area (Å²) < 4.78 is 5.56. The Morgan fingerprint density at radius 2 is 1.88 bits per heavy atom. The maximum atomic E-state index is 6.37. The molecule has 0 N–H and O–H groups in total. The second-order valence-electron chi connectivity index (χ2n) is 7.25. The highest BCUT2D eigenvalue weighted by atomic mass is 35.5. The van der Waals surface area contributed by atoms with Crippen molar-refractivity contribution in [1.82, 2.24) is 15.0 Å². The molecule has 1 aliphatic heterocycles. The number of nitrogens with zero attached hydrogens (tertiary/aromatic N) is 3. The third-order valence-electron chi connectivity index (χ3n) is 5.71. The number of hydrogen-bond acceptors (Lipinski definition) is 4. The molecule has 1 aliphatic carbocycles. The van der Waals surface area contributed by atoms with E-state index in [1.807, 2.05) is 12.1 Å². The van der Waals surface area contributed by atoms with Gasteiger partial charge in [0.25, 0.3) is 0 Å². The molecule has 0 amide bonds. The lowest BCUT2D eigenvalue weighted by atomic mass is 9.96. The Labute approximate surface area is 154 Å². The molecule has 1 fully saturated rings. The lowest BCUT2D eigenvalue weighted by Gasteiger charge is -2.38. The molecule has 1 unspecified atom stereocenters. The van der Waals surface area contributed by atoms with E-state index >= 15 is 0 Å². The van der Waals surface area contributed by atoms with Gasteiger partial charge < -0.3 is 4.52 Å². The highest BCUT2D eigenvalue weighted by molar-refractivity contribution is 6.31. The van der Waals surface area contributed by atoms with Crippen LogP contribution in [0.3, 0.4) is 0 Å². The Morgan fingerprint density at radius 3 is 2.68 bits per heavy atom. The van der Waals surface area contributed by atoms with E-state index in [2.05, 4.69) is 34.0 Å². The second-order valence-corrected chi connectivity index (χ2v) is 7.65. The largest absolute Gasteiger partial charge is 0.361 e. The maximum absolute atomic E-state index is 6.37. The molecule has 1 aromatic heterocycles. The standard InChI is InChI=1S/C20H26ClN3O/c1-15(16-6-2-4-8-18(16)21)24-12-10-23(11-13-24)14-19-17-7-3-5-9-20(17)25-22-19/h2,4,6,8,15H,3,5,7,9-14H2,1H3. The summed E-state index contributed by atoms with van der Waals surface area (Å²) in [6.45, 7) is 7.43. The van der Waals surface area contributed by atoms with Gasteiger partial charge in [-0.05, 0) is 37.8 Å². The van der Waals surface area contributed by atoms with Crippen LogP contribution in [0, 0.1) is 0 Å². The van der Waals surface area contributed by atoms with Crippen molar-refractivity contribution in [3.63, 3.8) is 0 Å². The van der Waals surface area contributed by atoms with Crippen molar-refractivity contribution in [1.29, 1.82) is 0 Å². The van der Waals surface area contributed by atoms with Crippen LogP contribution in [0.2, 0.25) is 5.02 Å². The van der Waals surface area contributed by atoms with Gasteiger partial charge in [-0.1, -0.05) is 35.0 Å². The summed E-state index contributed by atoms with van der Waals surface area (Å²) in [6.07, 6.45) is 4.70. The van der Waals surface area contributed by atoms with Crippen LogP contribution in [0.4, 0.5) is 0 Å². The van der Waals surface area contributed by atoms with Gasteiger partial charge in [0.2, 0.25) is 0 Å². The number of aryl methyl sites for hydroxylation is 1. The Balaban J connectivity index is 1.36. The smallest absolute Gasteiger partial charge is 0.140 e. The van der Waals surface area contributed by atoms with Gasteiger partial charge in [0.1, 0.15) is 11.5 Å². The van der Waals surface area contributed by atoms with Crippen LogP contribution in [0.5, 0.6) is 0 Å². The van der Waals surface area contributed by atoms with E-state index in [0.717, 1.165) is 56.3 Å². The first-order valence-electron chi connectivity index (χ1n) is 9.39. The van der Waals surface area contributed by atoms with Gasteiger partial charge in [-0.2, -0.15) is 0 Å². The quantitative estimate of drug-likeness (QED) is 0.823. The molecule has 0 saturated carbocycles. The van der Waals surface area contributed by atoms with Gasteiger partial charge >= 0.3 is 0 Å². The number of hydrogen-bond donors (Lipinski definition) is 0. The SMILES string of the molecule is CC(c1ccccc1Cl)N1CCN(Cc2noc3c2CCCC3)CC1. The zero-order valence-corrected chi connectivity index (χ0v) is 15.6. The Morgan fingerprint density at radius 1 is 1.12 bits per heavy atom. The predicted molar refractivity (Wildman–Crippen MR) is 99.9 cm³/mol. The van der Waals surface area contributed by atoms with E-state index in [1.54, 1.807) is 0 Å². The number of rotatable bonds is 4. The normalized spacial score (nSPS) is 20.4. The summed E-state index contributed by atoms with van der Waals surface area (Å²) in [5, 5.41) is 5.22. The minimum absolute atomic E-state index is 0.357. The molecule has 25 heavy (non-hydrogen) atoms. The zero-order chi connectivity index (χ0) is 17.2. The lowest BCUT2D eigenvalue weighted by molar-refractivity contribution is 0.0962. The summed E-state index contributed by atoms with van der Waals surface area (Å²) in [6, 6.07) is 8.55. The van der Waals surface area contributed by atoms with Crippen molar-refractivity contribution in [3.05, 3.63) is 51.9 Å². The first-order chi connectivity index (χ1) is 12.2. The summed E-state index contributed by atoms with van der Waals surface area (Å²) in [7, 11) is 0. The van der Waals surface area contributed by atoms with Gasteiger partial charge in [-0.25, -0.2) is 0 Å². The molecule has 4 rings (SSSR count). The lowest BCUT2D eigenvalue weighted by Crippen LogP contribution is -2.46. The molecule has 2 aliphatic rings. The number of piperazine rings is 1. The molecule has 1 aromatic carbocycles. The van der Waals surface area contributed by atoms with Gasteiger partial charge in [0.05, 0.1) is 0 Å². The number of benzene rings is 1. The fourth-order valence-electron chi connectivity index (χ4n) is 4.10. The fraction of sp³-hybridized carbons (Fsp3) is 0.550. The zero-order valence-electron chi connectivity index (χ0n) is 14.9. The van der Waals surface area contributed by atoms with Gasteiger partial charge in [0, 0.05) is 55.8 Å². The van der Waals surface area contributed by atoms with E-state index in [4.69, 9.17) is 16.1 Å². The molecule has 1 saturated heterocycles.